The number of halogens is 1. The molecule has 1 aromatic rings. The highest BCUT2D eigenvalue weighted by atomic mass is 19.1. The van der Waals surface area contributed by atoms with Crippen LogP contribution in [0.25, 0.3) is 0 Å². The number of benzene rings is 1. The van der Waals surface area contributed by atoms with E-state index in [0.29, 0.717) is 18.1 Å². The molecule has 0 spiro atoms. The molecule has 1 saturated carbocycles. The van der Waals surface area contributed by atoms with Crippen molar-refractivity contribution in [3.05, 3.63) is 34.6 Å². The lowest BCUT2D eigenvalue weighted by atomic mass is 9.74. The largest absolute Gasteiger partial charge is 0.385 e. The summed E-state index contributed by atoms with van der Waals surface area (Å²) in [6.45, 7) is 8.43. The van der Waals surface area contributed by atoms with Gasteiger partial charge in [0.1, 0.15) is 11.9 Å². The molecule has 0 aromatic heterocycles. The second kappa shape index (κ2) is 6.45. The minimum absolute atomic E-state index is 0.322. The molecule has 0 aliphatic heterocycles. The molecule has 0 heterocycles. The molecule has 0 bridgehead atoms. The molecular weight excluding hydrogens is 267 g/mol. The number of aliphatic hydroxyl groups is 1. The van der Waals surface area contributed by atoms with Gasteiger partial charge in [-0.25, -0.2) is 4.39 Å². The van der Waals surface area contributed by atoms with Crippen LogP contribution >= 0.6 is 0 Å². The van der Waals surface area contributed by atoms with Gasteiger partial charge in [-0.1, -0.05) is 13.0 Å². The highest BCUT2D eigenvalue weighted by Gasteiger charge is 2.43. The topological polar surface area (TPSA) is 29.5 Å². The fraction of sp³-hybridized carbons (Fsp3) is 0.667. The second-order valence-corrected chi connectivity index (χ2v) is 6.56. The van der Waals surface area contributed by atoms with Crippen LogP contribution in [0.1, 0.15) is 62.3 Å². The molecule has 21 heavy (non-hydrogen) atoms. The fourth-order valence-electron chi connectivity index (χ4n) is 3.57. The summed E-state index contributed by atoms with van der Waals surface area (Å²) in [4.78, 5) is 0. The Morgan fingerprint density at radius 3 is 2.48 bits per heavy atom. The third kappa shape index (κ3) is 3.29. The van der Waals surface area contributed by atoms with Crippen LogP contribution in [0.3, 0.4) is 0 Å². The molecule has 1 unspecified atom stereocenters. The SMILES string of the molecule is CCOC1(C(O)c2c(C)cc(C)cc2F)CCC(C)CC1. The van der Waals surface area contributed by atoms with Gasteiger partial charge in [0.15, 0.2) is 0 Å². The van der Waals surface area contributed by atoms with Crippen LogP contribution in [0, 0.1) is 25.6 Å². The first-order valence-corrected chi connectivity index (χ1v) is 7.98. The van der Waals surface area contributed by atoms with Gasteiger partial charge in [-0.15, -0.1) is 0 Å². The van der Waals surface area contributed by atoms with Crippen molar-refractivity contribution < 1.29 is 14.2 Å². The Morgan fingerprint density at radius 2 is 1.95 bits per heavy atom. The summed E-state index contributed by atoms with van der Waals surface area (Å²) < 4.78 is 20.3. The van der Waals surface area contributed by atoms with Gasteiger partial charge >= 0.3 is 0 Å². The number of aliphatic hydroxyl groups excluding tert-OH is 1. The minimum atomic E-state index is -0.898. The Kier molecular flexibility index (Phi) is 5.05. The maximum atomic E-state index is 14.4. The molecule has 2 nitrogen and oxygen atoms in total. The molecule has 0 radical (unpaired) electrons. The van der Waals surface area contributed by atoms with Crippen LogP contribution in [0.15, 0.2) is 12.1 Å². The molecular formula is C18H27FO2. The van der Waals surface area contributed by atoms with Crippen LogP contribution in [-0.2, 0) is 4.74 Å². The predicted octanol–water partition coefficient (Wildman–Crippen LogP) is 4.46. The maximum Gasteiger partial charge on any atom is 0.129 e. The Morgan fingerprint density at radius 1 is 1.33 bits per heavy atom. The number of aryl methyl sites for hydroxylation is 2. The van der Waals surface area contributed by atoms with E-state index in [9.17, 15) is 9.50 Å². The summed E-state index contributed by atoms with van der Waals surface area (Å²) in [6, 6.07) is 3.42. The number of ether oxygens (including phenoxy) is 1. The van der Waals surface area contributed by atoms with Crippen molar-refractivity contribution >= 4 is 0 Å². The van der Waals surface area contributed by atoms with Crippen LogP contribution in [0.5, 0.6) is 0 Å². The number of rotatable bonds is 4. The summed E-state index contributed by atoms with van der Waals surface area (Å²) in [5.41, 5.74) is 1.45. The Labute approximate surface area is 127 Å². The lowest BCUT2D eigenvalue weighted by Gasteiger charge is -2.43. The quantitative estimate of drug-likeness (QED) is 0.888. The van der Waals surface area contributed by atoms with E-state index >= 15 is 0 Å². The van der Waals surface area contributed by atoms with Crippen molar-refractivity contribution in [2.45, 2.75) is 65.1 Å². The number of hydrogen-bond donors (Lipinski definition) is 1. The van der Waals surface area contributed by atoms with E-state index in [1.807, 2.05) is 26.8 Å². The van der Waals surface area contributed by atoms with Crippen LogP contribution in [0.4, 0.5) is 4.39 Å². The lowest BCUT2D eigenvalue weighted by Crippen LogP contribution is -2.43. The van der Waals surface area contributed by atoms with E-state index in [0.717, 1.165) is 36.8 Å². The van der Waals surface area contributed by atoms with Gasteiger partial charge in [0.2, 0.25) is 0 Å². The predicted molar refractivity (Wildman–Crippen MR) is 82.8 cm³/mol. The van der Waals surface area contributed by atoms with Crippen molar-refractivity contribution in [1.29, 1.82) is 0 Å². The average molecular weight is 294 g/mol. The van der Waals surface area contributed by atoms with Crippen LogP contribution < -0.4 is 0 Å². The molecule has 1 N–H and O–H groups in total. The zero-order chi connectivity index (χ0) is 15.6. The Balaban J connectivity index is 2.37. The monoisotopic (exact) mass is 294 g/mol. The van der Waals surface area contributed by atoms with Crippen LogP contribution in [0.2, 0.25) is 0 Å². The molecule has 1 aliphatic rings. The third-order valence-electron chi connectivity index (χ3n) is 4.80. The Bertz CT molecular complexity index is 467. The summed E-state index contributed by atoms with van der Waals surface area (Å²) in [5.74, 6) is 0.326. The molecule has 1 atom stereocenters. The van der Waals surface area contributed by atoms with Gasteiger partial charge in [-0.2, -0.15) is 0 Å². The fourth-order valence-corrected chi connectivity index (χ4v) is 3.57. The van der Waals surface area contributed by atoms with Crippen molar-refractivity contribution in [3.8, 4) is 0 Å². The molecule has 118 valence electrons. The van der Waals surface area contributed by atoms with Gasteiger partial charge in [-0.3, -0.25) is 0 Å². The van der Waals surface area contributed by atoms with Crippen LogP contribution in [-0.4, -0.2) is 17.3 Å². The molecule has 0 saturated heterocycles. The maximum absolute atomic E-state index is 14.4. The van der Waals surface area contributed by atoms with E-state index < -0.39 is 11.7 Å². The average Bonchev–Trinajstić information content (AvgIpc) is 2.40. The van der Waals surface area contributed by atoms with Crippen molar-refractivity contribution in [2.24, 2.45) is 5.92 Å². The summed E-state index contributed by atoms with van der Waals surface area (Å²) >= 11 is 0. The van der Waals surface area contributed by atoms with Crippen molar-refractivity contribution in [1.82, 2.24) is 0 Å². The molecule has 1 fully saturated rings. The highest BCUT2D eigenvalue weighted by Crippen LogP contribution is 2.44. The first-order valence-electron chi connectivity index (χ1n) is 7.98. The van der Waals surface area contributed by atoms with Gasteiger partial charge in [-0.05, 0) is 69.6 Å². The van der Waals surface area contributed by atoms with Gasteiger partial charge in [0.25, 0.3) is 0 Å². The lowest BCUT2D eigenvalue weighted by molar-refractivity contribution is -0.147. The van der Waals surface area contributed by atoms with Gasteiger partial charge in [0, 0.05) is 12.2 Å². The highest BCUT2D eigenvalue weighted by molar-refractivity contribution is 5.35. The van der Waals surface area contributed by atoms with Crippen molar-refractivity contribution in [3.63, 3.8) is 0 Å². The third-order valence-corrected chi connectivity index (χ3v) is 4.80. The number of hydrogen-bond acceptors (Lipinski definition) is 2. The van der Waals surface area contributed by atoms with E-state index in [-0.39, 0.29) is 5.82 Å². The first kappa shape index (κ1) is 16.4. The molecule has 1 aromatic carbocycles. The smallest absolute Gasteiger partial charge is 0.129 e. The Hall–Kier alpha value is -0.930. The van der Waals surface area contributed by atoms with E-state index in [1.54, 1.807) is 0 Å². The second-order valence-electron chi connectivity index (χ2n) is 6.56. The van der Waals surface area contributed by atoms with Gasteiger partial charge in [0.05, 0.1) is 5.60 Å². The summed E-state index contributed by atoms with van der Waals surface area (Å²) in [5, 5.41) is 10.9. The minimum Gasteiger partial charge on any atom is -0.385 e. The summed E-state index contributed by atoms with van der Waals surface area (Å²) in [6.07, 6.45) is 2.71. The molecule has 3 heteroatoms. The standard InChI is InChI=1S/C18H27FO2/c1-5-21-18(8-6-12(2)7-9-18)17(20)16-14(4)10-13(3)11-15(16)19/h10-12,17,20H,5-9H2,1-4H3. The zero-order valence-corrected chi connectivity index (χ0v) is 13.6. The molecule has 0 amide bonds. The molecule has 2 rings (SSSR count). The van der Waals surface area contributed by atoms with Crippen molar-refractivity contribution in [2.75, 3.05) is 6.61 Å². The first-order chi connectivity index (χ1) is 9.89. The van der Waals surface area contributed by atoms with E-state index in [4.69, 9.17) is 4.74 Å². The van der Waals surface area contributed by atoms with Gasteiger partial charge < -0.3 is 9.84 Å². The normalized spacial score (nSPS) is 27.6. The van der Waals surface area contributed by atoms with E-state index in [1.165, 1.54) is 6.07 Å². The molecule has 1 aliphatic carbocycles. The summed E-state index contributed by atoms with van der Waals surface area (Å²) in [7, 11) is 0. The van der Waals surface area contributed by atoms with E-state index in [2.05, 4.69) is 6.92 Å². The zero-order valence-electron chi connectivity index (χ0n) is 13.6.